The number of halogens is 1. The van der Waals surface area contributed by atoms with E-state index in [9.17, 15) is 10.0 Å². The van der Waals surface area contributed by atoms with Crippen molar-refractivity contribution in [1.82, 2.24) is 0 Å². The first-order valence-electron chi connectivity index (χ1n) is 5.39. The molecule has 0 saturated heterocycles. The molecule has 18 heavy (non-hydrogen) atoms. The van der Waals surface area contributed by atoms with Gasteiger partial charge in [0.15, 0.2) is 5.78 Å². The zero-order valence-electron chi connectivity index (χ0n) is 10.2. The van der Waals surface area contributed by atoms with Crippen LogP contribution in [-0.2, 0) is 0 Å². The van der Waals surface area contributed by atoms with E-state index in [0.29, 0.717) is 21.8 Å². The van der Waals surface area contributed by atoms with E-state index in [1.807, 2.05) is 13.0 Å². The highest BCUT2D eigenvalue weighted by atomic mass is 35.5. The van der Waals surface area contributed by atoms with Crippen molar-refractivity contribution in [2.45, 2.75) is 20.8 Å². The molecule has 0 spiro atoms. The maximum absolute atomic E-state index is 11.6. The average Bonchev–Trinajstić information content (AvgIpc) is 2.31. The molecule has 1 aromatic heterocycles. The minimum Gasteiger partial charge on any atom is -0.460 e. The third-order valence-electron chi connectivity index (χ3n) is 2.84. The lowest BCUT2D eigenvalue weighted by Gasteiger charge is -2.08. The fourth-order valence-electron chi connectivity index (χ4n) is 1.99. The highest BCUT2D eigenvalue weighted by molar-refractivity contribution is 6.36. The van der Waals surface area contributed by atoms with Crippen molar-refractivity contribution in [1.29, 1.82) is 0 Å². The van der Waals surface area contributed by atoms with Gasteiger partial charge in [-0.05, 0) is 32.4 Å². The quantitative estimate of drug-likeness (QED) is 0.489. The SMILES string of the molecule is CC(=O)c1c(C)oc2ccc(C)c(Cl)c2/c1=N\O. The summed E-state index contributed by atoms with van der Waals surface area (Å²) in [6.45, 7) is 4.87. The van der Waals surface area contributed by atoms with E-state index in [1.165, 1.54) is 6.92 Å². The molecule has 0 aliphatic heterocycles. The van der Waals surface area contributed by atoms with Gasteiger partial charge in [-0.15, -0.1) is 0 Å². The second kappa shape index (κ2) is 4.46. The van der Waals surface area contributed by atoms with Crippen LogP contribution in [0, 0.1) is 13.8 Å². The molecule has 2 aromatic rings. The Bertz CT molecular complexity index is 716. The van der Waals surface area contributed by atoms with Crippen molar-refractivity contribution >= 4 is 28.4 Å². The largest absolute Gasteiger partial charge is 0.460 e. The summed E-state index contributed by atoms with van der Waals surface area (Å²) in [5.41, 5.74) is 1.56. The van der Waals surface area contributed by atoms with Crippen LogP contribution in [0.15, 0.2) is 21.7 Å². The Balaban J connectivity index is 3.12. The van der Waals surface area contributed by atoms with E-state index in [0.717, 1.165) is 5.56 Å². The van der Waals surface area contributed by atoms with Gasteiger partial charge in [0.2, 0.25) is 0 Å². The van der Waals surface area contributed by atoms with Gasteiger partial charge in [0.1, 0.15) is 16.7 Å². The summed E-state index contributed by atoms with van der Waals surface area (Å²) >= 11 is 6.20. The van der Waals surface area contributed by atoms with Gasteiger partial charge in [0, 0.05) is 0 Å². The molecular formula is C13H12ClNO3. The Kier molecular flexibility index (Phi) is 3.13. The predicted molar refractivity (Wildman–Crippen MR) is 68.1 cm³/mol. The normalized spacial score (nSPS) is 12.1. The van der Waals surface area contributed by atoms with Crippen LogP contribution in [-0.4, -0.2) is 11.0 Å². The van der Waals surface area contributed by atoms with E-state index in [1.54, 1.807) is 13.0 Å². The monoisotopic (exact) mass is 265 g/mol. The van der Waals surface area contributed by atoms with Crippen molar-refractivity contribution in [2.75, 3.05) is 0 Å². The molecular weight excluding hydrogens is 254 g/mol. The molecule has 5 heteroatoms. The average molecular weight is 266 g/mol. The molecule has 0 fully saturated rings. The molecule has 0 amide bonds. The first-order chi connectivity index (χ1) is 8.47. The number of carbonyl (C=O) groups excluding carboxylic acids is 1. The molecule has 1 heterocycles. The summed E-state index contributed by atoms with van der Waals surface area (Å²) in [7, 11) is 0. The Labute approximate surface area is 108 Å². The number of carbonyl (C=O) groups is 1. The summed E-state index contributed by atoms with van der Waals surface area (Å²) in [4.78, 5) is 11.6. The minimum atomic E-state index is -0.233. The standard InChI is InChI=1S/C13H12ClNO3/c1-6-4-5-9-11(12(6)14)13(15-17)10(7(2)16)8(3)18-9/h4-5,17H,1-3H3/b15-13-. The smallest absolute Gasteiger partial charge is 0.165 e. The zero-order chi connectivity index (χ0) is 13.4. The first-order valence-corrected chi connectivity index (χ1v) is 5.76. The summed E-state index contributed by atoms with van der Waals surface area (Å²) in [6.07, 6.45) is 0. The Morgan fingerprint density at radius 1 is 1.39 bits per heavy atom. The fraction of sp³-hybridized carbons (Fsp3) is 0.231. The molecule has 0 bridgehead atoms. The second-order valence-corrected chi connectivity index (χ2v) is 4.49. The van der Waals surface area contributed by atoms with Crippen LogP contribution < -0.4 is 5.36 Å². The number of Topliss-reactive ketones (excluding diaryl/α,β-unsaturated/α-hetero) is 1. The number of benzene rings is 1. The number of rotatable bonds is 1. The summed E-state index contributed by atoms with van der Waals surface area (Å²) < 4.78 is 5.56. The molecule has 1 aromatic carbocycles. The number of fused-ring (bicyclic) bond motifs is 1. The van der Waals surface area contributed by atoms with Gasteiger partial charge in [-0.3, -0.25) is 4.79 Å². The third-order valence-corrected chi connectivity index (χ3v) is 3.32. The zero-order valence-corrected chi connectivity index (χ0v) is 11.0. The predicted octanol–water partition coefficient (Wildman–Crippen LogP) is 3.20. The summed E-state index contributed by atoms with van der Waals surface area (Å²) in [5, 5.41) is 13.4. The summed E-state index contributed by atoms with van der Waals surface area (Å²) in [5.74, 6) is 0.172. The minimum absolute atomic E-state index is 0.162. The van der Waals surface area contributed by atoms with E-state index in [-0.39, 0.29) is 16.7 Å². The van der Waals surface area contributed by atoms with Gasteiger partial charge >= 0.3 is 0 Å². The summed E-state index contributed by atoms with van der Waals surface area (Å²) in [6, 6.07) is 3.55. The highest BCUT2D eigenvalue weighted by Crippen LogP contribution is 2.26. The van der Waals surface area contributed by atoms with Gasteiger partial charge in [-0.2, -0.15) is 0 Å². The molecule has 2 rings (SSSR count). The van der Waals surface area contributed by atoms with Crippen LogP contribution in [0.2, 0.25) is 5.02 Å². The molecule has 4 nitrogen and oxygen atoms in total. The first kappa shape index (κ1) is 12.6. The van der Waals surface area contributed by atoms with Gasteiger partial charge in [-0.25, -0.2) is 0 Å². The van der Waals surface area contributed by atoms with Crippen LogP contribution in [0.1, 0.15) is 28.6 Å². The molecule has 0 unspecified atom stereocenters. The van der Waals surface area contributed by atoms with Crippen molar-refractivity contribution in [3.05, 3.63) is 39.4 Å². The van der Waals surface area contributed by atoms with Gasteiger partial charge < -0.3 is 9.62 Å². The lowest BCUT2D eigenvalue weighted by Crippen LogP contribution is -2.17. The number of hydrogen-bond donors (Lipinski definition) is 1. The van der Waals surface area contributed by atoms with Crippen molar-refractivity contribution in [3.8, 4) is 0 Å². The Morgan fingerprint density at radius 2 is 2.06 bits per heavy atom. The molecule has 0 saturated carbocycles. The number of aryl methyl sites for hydroxylation is 2. The van der Waals surface area contributed by atoms with E-state index in [2.05, 4.69) is 5.16 Å². The molecule has 0 radical (unpaired) electrons. The fourth-order valence-corrected chi connectivity index (χ4v) is 2.24. The number of hydrogen-bond acceptors (Lipinski definition) is 4. The topological polar surface area (TPSA) is 62.8 Å². The lowest BCUT2D eigenvalue weighted by atomic mass is 10.1. The van der Waals surface area contributed by atoms with Crippen LogP contribution in [0.4, 0.5) is 0 Å². The maximum Gasteiger partial charge on any atom is 0.165 e. The van der Waals surface area contributed by atoms with Gasteiger partial charge in [0.25, 0.3) is 0 Å². The van der Waals surface area contributed by atoms with E-state index >= 15 is 0 Å². The Morgan fingerprint density at radius 3 is 2.61 bits per heavy atom. The van der Waals surface area contributed by atoms with Gasteiger partial charge in [0.05, 0.1) is 16.0 Å². The third kappa shape index (κ3) is 1.78. The Hall–Kier alpha value is -1.81. The molecule has 0 aliphatic rings. The number of nitrogens with zero attached hydrogens (tertiary/aromatic N) is 1. The van der Waals surface area contributed by atoms with Crippen molar-refractivity contribution in [3.63, 3.8) is 0 Å². The van der Waals surface area contributed by atoms with Crippen LogP contribution in [0.3, 0.4) is 0 Å². The van der Waals surface area contributed by atoms with E-state index in [4.69, 9.17) is 16.0 Å². The van der Waals surface area contributed by atoms with Gasteiger partial charge in [-0.1, -0.05) is 22.8 Å². The number of ketones is 1. The molecule has 0 aliphatic carbocycles. The van der Waals surface area contributed by atoms with Crippen molar-refractivity contribution < 1.29 is 14.4 Å². The van der Waals surface area contributed by atoms with Crippen LogP contribution in [0.25, 0.3) is 11.0 Å². The molecule has 1 N–H and O–H groups in total. The van der Waals surface area contributed by atoms with Crippen LogP contribution >= 0.6 is 11.6 Å². The molecule has 94 valence electrons. The second-order valence-electron chi connectivity index (χ2n) is 4.11. The van der Waals surface area contributed by atoms with Crippen molar-refractivity contribution in [2.24, 2.45) is 5.16 Å². The maximum atomic E-state index is 11.6. The van der Waals surface area contributed by atoms with Crippen LogP contribution in [0.5, 0.6) is 0 Å². The highest BCUT2D eigenvalue weighted by Gasteiger charge is 2.16. The lowest BCUT2D eigenvalue weighted by molar-refractivity contribution is 0.101. The molecule has 0 atom stereocenters. The van der Waals surface area contributed by atoms with E-state index < -0.39 is 0 Å².